The summed E-state index contributed by atoms with van der Waals surface area (Å²) in [4.78, 5) is 31.3. The van der Waals surface area contributed by atoms with Gasteiger partial charge in [0.2, 0.25) is 0 Å². The van der Waals surface area contributed by atoms with Crippen LogP contribution >= 0.6 is 0 Å². The number of nitrogens with zero attached hydrogens (tertiary/aromatic N) is 2. The van der Waals surface area contributed by atoms with Crippen molar-refractivity contribution < 1.29 is 29.2 Å². The Hall–Kier alpha value is -3.95. The summed E-state index contributed by atoms with van der Waals surface area (Å²) in [6, 6.07) is 9.68. The van der Waals surface area contributed by atoms with Gasteiger partial charge in [-0.1, -0.05) is 12.8 Å². The van der Waals surface area contributed by atoms with Crippen molar-refractivity contribution in [2.45, 2.75) is 38.5 Å². The van der Waals surface area contributed by atoms with Gasteiger partial charge in [-0.15, -0.1) is 0 Å². The molecule has 31 heavy (non-hydrogen) atoms. The zero-order chi connectivity index (χ0) is 22.6. The average Bonchev–Trinajstić information content (AvgIpc) is 2.72. The highest BCUT2D eigenvalue weighted by Crippen LogP contribution is 2.20. The van der Waals surface area contributed by atoms with Gasteiger partial charge in [0.05, 0.1) is 15.6 Å². The van der Waals surface area contributed by atoms with Crippen LogP contribution in [0.1, 0.15) is 38.5 Å². The van der Waals surface area contributed by atoms with Gasteiger partial charge in [-0.25, -0.2) is 4.79 Å². The molecule has 0 heterocycles. The first-order chi connectivity index (χ1) is 14.8. The lowest BCUT2D eigenvalue weighted by Gasteiger charge is -2.05. The zero-order valence-electron chi connectivity index (χ0n) is 16.6. The topological polar surface area (TPSA) is 142 Å². The SMILES string of the molecule is O/C1=C/CCCCCC1.O=C(Oc1ccc([N+](=O)[O-])cc1)Oc1ccc([N+](=O)[O-])cc1. The van der Waals surface area contributed by atoms with Gasteiger partial charge in [0.1, 0.15) is 11.5 Å². The summed E-state index contributed by atoms with van der Waals surface area (Å²) in [6.07, 6.45) is 7.92. The Bertz CT molecular complexity index is 862. The summed E-state index contributed by atoms with van der Waals surface area (Å²) >= 11 is 0. The Morgan fingerprint density at radius 1 is 0.774 bits per heavy atom. The highest BCUT2D eigenvalue weighted by molar-refractivity contribution is 5.67. The van der Waals surface area contributed by atoms with Crippen LogP contribution in [0.3, 0.4) is 0 Å². The number of benzene rings is 2. The van der Waals surface area contributed by atoms with Crippen LogP contribution in [0, 0.1) is 20.2 Å². The molecule has 0 fully saturated rings. The minimum absolute atomic E-state index is 0.0671. The van der Waals surface area contributed by atoms with Gasteiger partial charge in [-0.05, 0) is 49.6 Å². The molecule has 2 aromatic rings. The van der Waals surface area contributed by atoms with Crippen molar-refractivity contribution in [2.24, 2.45) is 0 Å². The molecule has 2 aromatic carbocycles. The van der Waals surface area contributed by atoms with Crippen LogP contribution in [-0.4, -0.2) is 21.1 Å². The Morgan fingerprint density at radius 2 is 1.23 bits per heavy atom. The number of carbonyl (C=O) groups excluding carboxylic acids is 1. The van der Waals surface area contributed by atoms with Crippen molar-refractivity contribution in [3.8, 4) is 11.5 Å². The van der Waals surface area contributed by atoms with Crippen LogP contribution in [0.4, 0.5) is 16.2 Å². The Balaban J connectivity index is 0.000000316. The number of ether oxygens (including phenoxy) is 2. The van der Waals surface area contributed by atoms with Gasteiger partial charge < -0.3 is 14.6 Å². The second-order valence-corrected chi connectivity index (χ2v) is 6.60. The lowest BCUT2D eigenvalue weighted by molar-refractivity contribution is -0.385. The smallest absolute Gasteiger partial charge is 0.513 e. The molecule has 3 rings (SSSR count). The van der Waals surface area contributed by atoms with Crippen molar-refractivity contribution in [1.29, 1.82) is 0 Å². The maximum absolute atomic E-state index is 11.5. The molecular weight excluding hydrogens is 408 g/mol. The maximum Gasteiger partial charge on any atom is 0.519 e. The Kier molecular flexibility index (Phi) is 8.96. The molecule has 0 saturated carbocycles. The summed E-state index contributed by atoms with van der Waals surface area (Å²) in [5, 5.41) is 30.0. The fourth-order valence-electron chi connectivity index (χ4n) is 2.66. The van der Waals surface area contributed by atoms with Crippen LogP contribution in [0.25, 0.3) is 0 Å². The second kappa shape index (κ2) is 11.9. The van der Waals surface area contributed by atoms with E-state index in [1.54, 1.807) is 0 Å². The van der Waals surface area contributed by atoms with E-state index in [1.165, 1.54) is 74.2 Å². The monoisotopic (exact) mass is 430 g/mol. The number of nitro groups is 2. The Morgan fingerprint density at radius 3 is 1.68 bits per heavy atom. The third-order valence-electron chi connectivity index (χ3n) is 4.26. The summed E-state index contributed by atoms with van der Waals surface area (Å²) in [5.74, 6) is 0.740. The first-order valence-corrected chi connectivity index (χ1v) is 9.61. The Labute approximate surface area is 178 Å². The van der Waals surface area contributed by atoms with Crippen LogP contribution in [-0.2, 0) is 0 Å². The van der Waals surface area contributed by atoms with Gasteiger partial charge in [-0.2, -0.15) is 0 Å². The number of hydrogen-bond acceptors (Lipinski definition) is 8. The van der Waals surface area contributed by atoms with Crippen molar-refractivity contribution in [3.05, 3.63) is 80.6 Å². The van der Waals surface area contributed by atoms with Crippen molar-refractivity contribution in [1.82, 2.24) is 0 Å². The highest BCUT2D eigenvalue weighted by Gasteiger charge is 2.11. The van der Waals surface area contributed by atoms with E-state index >= 15 is 0 Å². The van der Waals surface area contributed by atoms with Gasteiger partial charge >= 0.3 is 6.16 Å². The number of hydrogen-bond donors (Lipinski definition) is 1. The molecular formula is C21H22N2O8. The first-order valence-electron chi connectivity index (χ1n) is 9.61. The highest BCUT2D eigenvalue weighted by atomic mass is 16.7. The number of allylic oxidation sites excluding steroid dienone is 2. The molecule has 0 spiro atoms. The van der Waals surface area contributed by atoms with Crippen LogP contribution in [0.5, 0.6) is 11.5 Å². The molecule has 0 unspecified atom stereocenters. The molecule has 164 valence electrons. The zero-order valence-corrected chi connectivity index (χ0v) is 16.6. The van der Waals surface area contributed by atoms with E-state index in [0.29, 0.717) is 5.76 Å². The van der Waals surface area contributed by atoms with Gasteiger partial charge in [-0.3, -0.25) is 20.2 Å². The van der Waals surface area contributed by atoms with Crippen molar-refractivity contribution in [3.63, 3.8) is 0 Å². The van der Waals surface area contributed by atoms with Gasteiger partial charge in [0.25, 0.3) is 11.4 Å². The van der Waals surface area contributed by atoms with E-state index in [9.17, 15) is 25.0 Å². The van der Waals surface area contributed by atoms with E-state index in [2.05, 4.69) is 0 Å². The molecule has 0 radical (unpaired) electrons. The molecule has 0 aliphatic heterocycles. The van der Waals surface area contributed by atoms with E-state index < -0.39 is 16.0 Å². The maximum atomic E-state index is 11.5. The van der Waals surface area contributed by atoms with Crippen LogP contribution in [0.15, 0.2) is 60.4 Å². The lowest BCUT2D eigenvalue weighted by atomic mass is 10.1. The number of aliphatic hydroxyl groups is 1. The molecule has 1 N–H and O–H groups in total. The van der Waals surface area contributed by atoms with Crippen molar-refractivity contribution >= 4 is 17.5 Å². The average molecular weight is 430 g/mol. The molecule has 0 bridgehead atoms. The number of aliphatic hydroxyl groups excluding tert-OH is 1. The van der Waals surface area contributed by atoms with Gasteiger partial charge in [0.15, 0.2) is 0 Å². The summed E-state index contributed by atoms with van der Waals surface area (Å²) in [6.45, 7) is 0. The van der Waals surface area contributed by atoms with E-state index in [0.717, 1.165) is 12.8 Å². The van der Waals surface area contributed by atoms with Gasteiger partial charge in [0, 0.05) is 30.7 Å². The molecule has 0 atom stereocenters. The summed E-state index contributed by atoms with van der Waals surface area (Å²) < 4.78 is 9.63. The predicted octanol–water partition coefficient (Wildman–Crippen LogP) is 5.86. The molecule has 0 saturated heterocycles. The molecule has 0 aromatic heterocycles. The first kappa shape index (κ1) is 23.3. The molecule has 1 aliphatic carbocycles. The third-order valence-corrected chi connectivity index (χ3v) is 4.26. The minimum Gasteiger partial charge on any atom is -0.513 e. The van der Waals surface area contributed by atoms with E-state index in [1.807, 2.05) is 6.08 Å². The molecule has 0 amide bonds. The molecule has 1 aliphatic rings. The number of carbonyl (C=O) groups is 1. The largest absolute Gasteiger partial charge is 0.519 e. The standard InChI is InChI=1S/C13H8N2O7.C8H14O/c16-13(21-11-5-1-9(2-6-11)14(17)18)22-12-7-3-10(4-8-12)15(19)20;9-8-6-4-2-1-3-5-7-8/h1-8H;6,9H,1-5,7H2/b;8-6+. The number of nitro benzene ring substituents is 2. The fraction of sp³-hybridized carbons (Fsp3) is 0.286. The third kappa shape index (κ3) is 8.52. The molecule has 10 heteroatoms. The minimum atomic E-state index is -1.07. The number of rotatable bonds is 4. The predicted molar refractivity (Wildman–Crippen MR) is 111 cm³/mol. The summed E-state index contributed by atoms with van der Waals surface area (Å²) in [7, 11) is 0. The second-order valence-electron chi connectivity index (χ2n) is 6.60. The normalized spacial score (nSPS) is 15.0. The molecule has 10 nitrogen and oxygen atoms in total. The number of non-ortho nitro benzene ring substituents is 2. The van der Waals surface area contributed by atoms with Crippen molar-refractivity contribution in [2.75, 3.05) is 0 Å². The fourth-order valence-corrected chi connectivity index (χ4v) is 2.66. The van der Waals surface area contributed by atoms with Crippen LogP contribution in [0.2, 0.25) is 0 Å². The lowest BCUT2D eigenvalue weighted by Crippen LogP contribution is -2.13. The van der Waals surface area contributed by atoms with Crippen LogP contribution < -0.4 is 9.47 Å². The van der Waals surface area contributed by atoms with E-state index in [4.69, 9.17) is 14.6 Å². The summed E-state index contributed by atoms with van der Waals surface area (Å²) in [5.41, 5.74) is -0.285. The quantitative estimate of drug-likeness (QED) is 0.275. The van der Waals surface area contributed by atoms with E-state index in [-0.39, 0.29) is 22.9 Å².